The van der Waals surface area contributed by atoms with Crippen LogP contribution in [0, 0.1) is 18.4 Å². The normalized spacial score (nSPS) is 21.8. The quantitative estimate of drug-likeness (QED) is 0.387. The van der Waals surface area contributed by atoms with Crippen molar-refractivity contribution in [1.82, 2.24) is 0 Å². The van der Waals surface area contributed by atoms with E-state index in [1.807, 2.05) is 0 Å². The number of terminal acetylenes is 1. The third-order valence-electron chi connectivity index (χ3n) is 0.766. The first-order chi connectivity index (χ1) is 2.93. The van der Waals surface area contributed by atoms with E-state index in [0.29, 0.717) is 0 Å². The maximum Gasteiger partial charge on any atom is 0.170 e. The lowest BCUT2D eigenvalue weighted by molar-refractivity contribution is 0.0700. The van der Waals surface area contributed by atoms with E-state index in [1.165, 1.54) is 0 Å². The lowest BCUT2D eigenvalue weighted by atomic mass is 10.2. The zero-order valence-corrected chi connectivity index (χ0v) is 3.40. The van der Waals surface area contributed by atoms with Crippen LogP contribution in [0.1, 0.15) is 6.42 Å². The van der Waals surface area contributed by atoms with Gasteiger partial charge >= 0.3 is 0 Å². The average molecular weight is 81.1 g/mol. The Kier molecular flexibility index (Phi) is 0.813. The molecule has 0 spiro atoms. The number of hydrogen-bond donors (Lipinski definition) is 0. The van der Waals surface area contributed by atoms with Crippen molar-refractivity contribution < 1.29 is 4.74 Å². The Hall–Kier alpha value is -0.480. The molecule has 1 heterocycles. The molecule has 1 saturated heterocycles. The summed E-state index contributed by atoms with van der Waals surface area (Å²) in [5.41, 5.74) is 0. The summed E-state index contributed by atoms with van der Waals surface area (Å²) in [6.45, 7) is 0.819. The fourth-order valence-corrected chi connectivity index (χ4v) is 0.318. The predicted molar refractivity (Wildman–Crippen MR) is 22.6 cm³/mol. The van der Waals surface area contributed by atoms with E-state index in [2.05, 4.69) is 5.92 Å². The van der Waals surface area contributed by atoms with Gasteiger partial charge in [-0.3, -0.25) is 0 Å². The van der Waals surface area contributed by atoms with Crippen LogP contribution in [0.15, 0.2) is 0 Å². The molecule has 1 radical (unpaired) electrons. The Balaban J connectivity index is 2.22. The smallest absolute Gasteiger partial charge is 0.170 e. The number of rotatable bonds is 0. The van der Waals surface area contributed by atoms with Crippen LogP contribution in [-0.2, 0) is 4.74 Å². The number of ether oxygens (including phenoxy) is 1. The molecule has 1 heteroatoms. The Bertz CT molecular complexity index is 76.4. The lowest BCUT2D eigenvalue weighted by Gasteiger charge is -2.18. The SMILES string of the molecule is C#C[C]1CCO1. The molecule has 1 nitrogen and oxygen atoms in total. The molecule has 1 rings (SSSR count). The summed E-state index contributed by atoms with van der Waals surface area (Å²) in [4.78, 5) is 0. The Labute approximate surface area is 37.3 Å². The zero-order valence-electron chi connectivity index (χ0n) is 3.40. The summed E-state index contributed by atoms with van der Waals surface area (Å²) in [7, 11) is 0. The van der Waals surface area contributed by atoms with E-state index < -0.39 is 0 Å². The van der Waals surface area contributed by atoms with Crippen LogP contribution in [0.25, 0.3) is 0 Å². The van der Waals surface area contributed by atoms with Gasteiger partial charge in [-0.2, -0.15) is 0 Å². The van der Waals surface area contributed by atoms with Crippen LogP contribution < -0.4 is 0 Å². The summed E-state index contributed by atoms with van der Waals surface area (Å²) < 4.78 is 4.76. The molecule has 0 aliphatic carbocycles. The molecule has 1 fully saturated rings. The summed E-state index contributed by atoms with van der Waals surface area (Å²) in [6.07, 6.45) is 6.69. The van der Waals surface area contributed by atoms with Gasteiger partial charge in [0.25, 0.3) is 0 Å². The Morgan fingerprint density at radius 3 is 2.50 bits per heavy atom. The van der Waals surface area contributed by atoms with Crippen LogP contribution in [-0.4, -0.2) is 6.61 Å². The van der Waals surface area contributed by atoms with E-state index >= 15 is 0 Å². The molecule has 0 unspecified atom stereocenters. The second-order valence-electron chi connectivity index (χ2n) is 1.17. The highest BCUT2D eigenvalue weighted by Crippen LogP contribution is 2.16. The summed E-state index contributed by atoms with van der Waals surface area (Å²) in [6, 6.07) is 0. The second kappa shape index (κ2) is 1.32. The van der Waals surface area contributed by atoms with E-state index in [1.54, 1.807) is 0 Å². The topological polar surface area (TPSA) is 9.23 Å². The Morgan fingerprint density at radius 1 is 1.83 bits per heavy atom. The van der Waals surface area contributed by atoms with Crippen molar-refractivity contribution >= 4 is 0 Å². The molecule has 1 aliphatic heterocycles. The van der Waals surface area contributed by atoms with Crippen molar-refractivity contribution in [3.63, 3.8) is 0 Å². The van der Waals surface area contributed by atoms with Gasteiger partial charge in [0.1, 0.15) is 0 Å². The maximum atomic E-state index is 4.92. The molecule has 0 N–H and O–H groups in total. The molecular weight excluding hydrogens is 76.1 g/mol. The minimum atomic E-state index is 0.801. The maximum absolute atomic E-state index is 4.92. The summed E-state index contributed by atoms with van der Waals surface area (Å²) in [5.74, 6) is 2.40. The standard InChI is InChI=1S/C5H5O/c1-2-5-3-4-6-5/h1H,3-4H2. The molecule has 0 atom stereocenters. The van der Waals surface area contributed by atoms with E-state index in [0.717, 1.165) is 19.1 Å². The molecular formula is C5H5O. The van der Waals surface area contributed by atoms with Crippen molar-refractivity contribution in [2.75, 3.05) is 6.61 Å². The first-order valence-corrected chi connectivity index (χ1v) is 1.89. The minimum Gasteiger partial charge on any atom is -0.358 e. The molecule has 0 aromatic heterocycles. The molecule has 0 aromatic carbocycles. The van der Waals surface area contributed by atoms with Gasteiger partial charge in [0.2, 0.25) is 0 Å². The Morgan fingerprint density at radius 2 is 2.50 bits per heavy atom. The van der Waals surface area contributed by atoms with Gasteiger partial charge in [-0.05, 0) is 0 Å². The lowest BCUT2D eigenvalue weighted by Crippen LogP contribution is -2.15. The van der Waals surface area contributed by atoms with Crippen LogP contribution in [0.4, 0.5) is 0 Å². The van der Waals surface area contributed by atoms with Crippen molar-refractivity contribution in [2.24, 2.45) is 0 Å². The highest BCUT2D eigenvalue weighted by Gasteiger charge is 2.15. The van der Waals surface area contributed by atoms with Crippen LogP contribution in [0.3, 0.4) is 0 Å². The van der Waals surface area contributed by atoms with Gasteiger partial charge in [-0.25, -0.2) is 0 Å². The minimum absolute atomic E-state index is 0.801. The van der Waals surface area contributed by atoms with Gasteiger partial charge in [0.15, 0.2) is 6.10 Å². The van der Waals surface area contributed by atoms with Gasteiger partial charge in [0, 0.05) is 6.42 Å². The van der Waals surface area contributed by atoms with E-state index in [4.69, 9.17) is 11.2 Å². The summed E-state index contributed by atoms with van der Waals surface area (Å²) in [5, 5.41) is 0. The molecule has 31 valence electrons. The van der Waals surface area contributed by atoms with Gasteiger partial charge in [0.05, 0.1) is 6.61 Å². The predicted octanol–water partition coefficient (Wildman–Crippen LogP) is 0.572. The van der Waals surface area contributed by atoms with E-state index in [9.17, 15) is 0 Å². The third-order valence-corrected chi connectivity index (χ3v) is 0.766. The van der Waals surface area contributed by atoms with Gasteiger partial charge in [-0.15, -0.1) is 6.42 Å². The second-order valence-corrected chi connectivity index (χ2v) is 1.17. The largest absolute Gasteiger partial charge is 0.358 e. The molecule has 0 bridgehead atoms. The van der Waals surface area contributed by atoms with Crippen molar-refractivity contribution in [3.05, 3.63) is 6.10 Å². The molecule has 0 saturated carbocycles. The van der Waals surface area contributed by atoms with Crippen LogP contribution >= 0.6 is 0 Å². The first kappa shape index (κ1) is 3.70. The molecule has 0 aromatic rings. The molecule has 0 amide bonds. The highest BCUT2D eigenvalue weighted by molar-refractivity contribution is 5.13. The van der Waals surface area contributed by atoms with Crippen LogP contribution in [0.5, 0.6) is 0 Å². The summed E-state index contributed by atoms with van der Waals surface area (Å²) >= 11 is 0. The van der Waals surface area contributed by atoms with Crippen molar-refractivity contribution in [1.29, 1.82) is 0 Å². The fourth-order valence-electron chi connectivity index (χ4n) is 0.318. The third kappa shape index (κ3) is 0.395. The molecule has 1 aliphatic rings. The number of hydrogen-bond acceptors (Lipinski definition) is 1. The fraction of sp³-hybridized carbons (Fsp3) is 0.400. The zero-order chi connectivity index (χ0) is 4.41. The van der Waals surface area contributed by atoms with E-state index in [-0.39, 0.29) is 0 Å². The highest BCUT2D eigenvalue weighted by atomic mass is 16.5. The van der Waals surface area contributed by atoms with Crippen molar-refractivity contribution in [2.45, 2.75) is 6.42 Å². The van der Waals surface area contributed by atoms with Crippen LogP contribution in [0.2, 0.25) is 0 Å². The van der Waals surface area contributed by atoms with Gasteiger partial charge in [-0.1, -0.05) is 5.92 Å². The van der Waals surface area contributed by atoms with Crippen molar-refractivity contribution in [3.8, 4) is 12.3 Å². The molecule has 6 heavy (non-hydrogen) atoms. The average Bonchev–Trinajstić information content (AvgIpc) is 1.31. The first-order valence-electron chi connectivity index (χ1n) is 1.89. The monoisotopic (exact) mass is 81.0 g/mol. The van der Waals surface area contributed by atoms with Gasteiger partial charge < -0.3 is 4.74 Å².